The Bertz CT molecular complexity index is 437. The van der Waals surface area contributed by atoms with Crippen LogP contribution < -0.4 is 21.5 Å². The van der Waals surface area contributed by atoms with Gasteiger partial charge in [0.25, 0.3) is 0 Å². The maximum absolute atomic E-state index is 4.36. The summed E-state index contributed by atoms with van der Waals surface area (Å²) in [5.41, 5.74) is 6.57. The Morgan fingerprint density at radius 1 is 1.00 bits per heavy atom. The van der Waals surface area contributed by atoms with Crippen LogP contribution in [0.1, 0.15) is 32.6 Å². The van der Waals surface area contributed by atoms with E-state index in [4.69, 9.17) is 0 Å². The molecule has 2 heterocycles. The number of guanidine groups is 2. The van der Waals surface area contributed by atoms with Crippen molar-refractivity contribution in [3.8, 4) is 0 Å². The van der Waals surface area contributed by atoms with E-state index in [9.17, 15) is 0 Å². The van der Waals surface area contributed by atoms with Gasteiger partial charge >= 0.3 is 0 Å². The second-order valence-electron chi connectivity index (χ2n) is 4.96. The Hall–Kier alpha value is -2.12. The average molecular weight is 292 g/mol. The summed E-state index contributed by atoms with van der Waals surface area (Å²) >= 11 is 0. The molecule has 8 heteroatoms. The van der Waals surface area contributed by atoms with Crippen molar-refractivity contribution in [3.63, 3.8) is 0 Å². The van der Waals surface area contributed by atoms with E-state index in [1.54, 1.807) is 6.21 Å². The maximum Gasteiger partial charge on any atom is 0.212 e. The van der Waals surface area contributed by atoms with Crippen molar-refractivity contribution in [2.45, 2.75) is 32.6 Å². The Morgan fingerprint density at radius 2 is 1.62 bits per heavy atom. The normalized spacial score (nSPS) is 20.5. The van der Waals surface area contributed by atoms with Gasteiger partial charge in [-0.2, -0.15) is 10.2 Å². The van der Waals surface area contributed by atoms with Crippen molar-refractivity contribution in [3.05, 3.63) is 0 Å². The average Bonchev–Trinajstić information content (AvgIpc) is 2.90. The molecule has 0 atom stereocenters. The number of nitrogens with one attached hydrogen (secondary N) is 4. The molecule has 0 saturated carbocycles. The molecular weight excluding hydrogens is 268 g/mol. The molecular formula is C13H24N8. The fourth-order valence-electron chi connectivity index (χ4n) is 1.89. The highest BCUT2D eigenvalue weighted by atomic mass is 15.4. The summed E-state index contributed by atoms with van der Waals surface area (Å²) in [4.78, 5) is 8.70. The first-order valence-electron chi connectivity index (χ1n) is 7.50. The maximum atomic E-state index is 4.36. The Balaban J connectivity index is 1.75. The predicted molar refractivity (Wildman–Crippen MR) is 86.9 cm³/mol. The van der Waals surface area contributed by atoms with Crippen molar-refractivity contribution in [1.29, 1.82) is 0 Å². The molecule has 0 aromatic heterocycles. The van der Waals surface area contributed by atoms with E-state index >= 15 is 0 Å². The zero-order valence-corrected chi connectivity index (χ0v) is 12.5. The second kappa shape index (κ2) is 8.93. The fourth-order valence-corrected chi connectivity index (χ4v) is 1.89. The van der Waals surface area contributed by atoms with Crippen LogP contribution in [-0.2, 0) is 0 Å². The van der Waals surface area contributed by atoms with E-state index in [2.05, 4.69) is 41.7 Å². The van der Waals surface area contributed by atoms with Crippen LogP contribution in [0.4, 0.5) is 0 Å². The van der Waals surface area contributed by atoms with Crippen LogP contribution in [-0.4, -0.2) is 50.0 Å². The molecule has 116 valence electrons. The lowest BCUT2D eigenvalue weighted by Gasteiger charge is -2.06. The van der Waals surface area contributed by atoms with Crippen LogP contribution in [0.2, 0.25) is 0 Å². The van der Waals surface area contributed by atoms with Crippen molar-refractivity contribution in [2.75, 3.05) is 26.2 Å². The van der Waals surface area contributed by atoms with Gasteiger partial charge in [0.2, 0.25) is 11.9 Å². The summed E-state index contributed by atoms with van der Waals surface area (Å²) in [5.74, 6) is 1.45. The number of hydrogen-bond acceptors (Lipinski definition) is 8. The highest BCUT2D eigenvalue weighted by Gasteiger charge is 2.02. The Labute approximate surface area is 125 Å². The third-order valence-corrected chi connectivity index (χ3v) is 3.05. The number of aliphatic imine (C=N–C) groups is 2. The van der Waals surface area contributed by atoms with Crippen LogP contribution in [0.3, 0.4) is 0 Å². The van der Waals surface area contributed by atoms with E-state index < -0.39 is 0 Å². The van der Waals surface area contributed by atoms with Gasteiger partial charge in [-0.25, -0.2) is 10.9 Å². The molecule has 0 radical (unpaired) electrons. The molecule has 0 aliphatic carbocycles. The van der Waals surface area contributed by atoms with Crippen LogP contribution in [0.25, 0.3) is 0 Å². The van der Waals surface area contributed by atoms with Crippen LogP contribution in [0, 0.1) is 0 Å². The molecule has 0 unspecified atom stereocenters. The highest BCUT2D eigenvalue weighted by molar-refractivity contribution is 6.29. The number of hydrogen-bond donors (Lipinski definition) is 4. The molecule has 0 saturated heterocycles. The molecule has 21 heavy (non-hydrogen) atoms. The molecule has 8 nitrogen and oxygen atoms in total. The quantitative estimate of drug-likeness (QED) is 0.435. The molecule has 2 rings (SSSR count). The molecule has 0 aromatic rings. The molecule has 0 amide bonds. The Kier molecular flexibility index (Phi) is 6.50. The van der Waals surface area contributed by atoms with Crippen molar-refractivity contribution in [1.82, 2.24) is 21.5 Å². The lowest BCUT2D eigenvalue weighted by Crippen LogP contribution is -2.35. The molecule has 2 aliphatic rings. The van der Waals surface area contributed by atoms with Crippen LogP contribution >= 0.6 is 0 Å². The molecule has 0 spiro atoms. The lowest BCUT2D eigenvalue weighted by molar-refractivity contribution is 0.744. The van der Waals surface area contributed by atoms with E-state index in [1.807, 2.05) is 6.92 Å². The van der Waals surface area contributed by atoms with Crippen LogP contribution in [0.5, 0.6) is 0 Å². The van der Waals surface area contributed by atoms with Crippen molar-refractivity contribution < 1.29 is 0 Å². The first-order valence-corrected chi connectivity index (χ1v) is 7.50. The lowest BCUT2D eigenvalue weighted by atomic mass is 10.3. The van der Waals surface area contributed by atoms with Gasteiger partial charge < -0.3 is 10.6 Å². The third-order valence-electron chi connectivity index (χ3n) is 3.05. The number of rotatable bonds is 3. The van der Waals surface area contributed by atoms with E-state index in [0.29, 0.717) is 0 Å². The monoisotopic (exact) mass is 292 g/mol. The largest absolute Gasteiger partial charge is 0.355 e. The zero-order chi connectivity index (χ0) is 14.8. The second-order valence-corrected chi connectivity index (χ2v) is 4.96. The number of hydrazone groups is 2. The minimum atomic E-state index is 0.722. The minimum Gasteiger partial charge on any atom is -0.355 e. The molecule has 0 fully saturated rings. The fraction of sp³-hybridized carbons (Fsp3) is 0.692. The van der Waals surface area contributed by atoms with Gasteiger partial charge in [-0.3, -0.25) is 9.98 Å². The van der Waals surface area contributed by atoms with E-state index in [1.165, 1.54) is 0 Å². The summed E-state index contributed by atoms with van der Waals surface area (Å²) in [7, 11) is 0. The van der Waals surface area contributed by atoms with Crippen LogP contribution in [0.15, 0.2) is 20.2 Å². The summed E-state index contributed by atoms with van der Waals surface area (Å²) in [6.07, 6.45) is 6.15. The first-order chi connectivity index (χ1) is 10.3. The van der Waals surface area contributed by atoms with Gasteiger partial charge in [0.15, 0.2) is 0 Å². The summed E-state index contributed by atoms with van der Waals surface area (Å²) in [6, 6.07) is 0. The molecule has 0 bridgehead atoms. The highest BCUT2D eigenvalue weighted by Crippen LogP contribution is 1.93. The third kappa shape index (κ3) is 6.24. The van der Waals surface area contributed by atoms with Crippen molar-refractivity contribution >= 4 is 23.8 Å². The van der Waals surface area contributed by atoms with Crippen molar-refractivity contribution in [2.24, 2.45) is 20.2 Å². The Morgan fingerprint density at radius 3 is 2.29 bits per heavy atom. The molecule has 2 aliphatic heterocycles. The van der Waals surface area contributed by atoms with Gasteiger partial charge in [0.1, 0.15) is 0 Å². The van der Waals surface area contributed by atoms with Gasteiger partial charge in [0, 0.05) is 26.2 Å². The standard InChI is InChI=1S/C13H24N8/c1-11(19-21-13-16-8-4-5-9-17-13)10-18-20-12-14-6-2-3-7-15-12/h10H,2-9H2,1H3,(H2,14,15,20)(H2,16,17,21)/b18-10-,19-11+. The first kappa shape index (κ1) is 15.3. The van der Waals surface area contributed by atoms with Gasteiger partial charge in [-0.05, 0) is 32.6 Å². The van der Waals surface area contributed by atoms with Gasteiger partial charge in [0.05, 0.1) is 11.9 Å². The van der Waals surface area contributed by atoms with E-state index in [0.717, 1.165) is 69.5 Å². The van der Waals surface area contributed by atoms with Gasteiger partial charge in [-0.1, -0.05) is 0 Å². The summed E-state index contributed by atoms with van der Waals surface area (Å²) in [5, 5.41) is 14.7. The number of nitrogens with zero attached hydrogens (tertiary/aromatic N) is 4. The SMILES string of the molecule is CC(/C=N\NC1=NCCCCN1)=N\NC1=NCCCCN1. The zero-order valence-electron chi connectivity index (χ0n) is 12.5. The smallest absolute Gasteiger partial charge is 0.212 e. The predicted octanol–water partition coefficient (Wildman–Crippen LogP) is 0.00610. The topological polar surface area (TPSA) is 97.6 Å². The molecule has 4 N–H and O–H groups in total. The van der Waals surface area contributed by atoms with E-state index in [-0.39, 0.29) is 0 Å². The summed E-state index contributed by atoms with van der Waals surface area (Å²) < 4.78 is 0. The minimum absolute atomic E-state index is 0.722. The summed E-state index contributed by atoms with van der Waals surface area (Å²) in [6.45, 7) is 5.41. The van der Waals surface area contributed by atoms with Gasteiger partial charge in [-0.15, -0.1) is 0 Å². The molecule has 0 aromatic carbocycles.